The summed E-state index contributed by atoms with van der Waals surface area (Å²) in [5, 5.41) is 3.98. The number of rotatable bonds is 5. The van der Waals surface area contributed by atoms with E-state index in [2.05, 4.69) is 34.9 Å². The van der Waals surface area contributed by atoms with Crippen molar-refractivity contribution in [2.24, 2.45) is 0 Å². The number of benzene rings is 7. The van der Waals surface area contributed by atoms with Gasteiger partial charge in [0.05, 0.1) is 17.9 Å². The maximum Gasteiger partial charge on any atom is 0.238 e. The monoisotopic (exact) mass is 661 g/mol. The van der Waals surface area contributed by atoms with E-state index in [0.717, 1.165) is 64.2 Å². The Balaban J connectivity index is 1.31. The Morgan fingerprint density at radius 3 is 1.84 bits per heavy atom. The van der Waals surface area contributed by atoms with Crippen molar-refractivity contribution in [1.29, 1.82) is 0 Å². The minimum atomic E-state index is -0.420. The predicted octanol–water partition coefficient (Wildman–Crippen LogP) is 12.0. The highest BCUT2D eigenvalue weighted by Gasteiger charge is 2.21. The molecule has 0 aliphatic heterocycles. The van der Waals surface area contributed by atoms with Crippen LogP contribution in [0.25, 0.3) is 93.0 Å². The van der Waals surface area contributed by atoms with Crippen molar-refractivity contribution in [3.63, 3.8) is 0 Å². The number of thiophene rings is 1. The quantitative estimate of drug-likeness (QED) is 0.184. The second-order valence-electron chi connectivity index (χ2n) is 12.1. The zero-order chi connectivity index (χ0) is 37.4. The molecule has 0 saturated heterocycles. The topological polar surface area (TPSA) is 43.6 Å². The lowest BCUT2D eigenvalue weighted by atomic mass is 9.95. The first-order valence-electron chi connectivity index (χ1n) is 18.8. The van der Waals surface area contributed by atoms with Gasteiger partial charge in [-0.3, -0.25) is 4.57 Å². The molecule has 10 rings (SSSR count). The lowest BCUT2D eigenvalue weighted by molar-refractivity contribution is 0.954. The Labute approximate surface area is 299 Å². The second-order valence-corrected chi connectivity index (χ2v) is 13.1. The van der Waals surface area contributed by atoms with E-state index in [-0.39, 0.29) is 29.7 Å². The number of fused-ring (bicyclic) bond motifs is 6. The molecule has 0 fully saturated rings. The van der Waals surface area contributed by atoms with Crippen molar-refractivity contribution >= 4 is 53.3 Å². The van der Waals surface area contributed by atoms with E-state index in [1.165, 1.54) is 11.3 Å². The van der Waals surface area contributed by atoms with Crippen LogP contribution in [0.5, 0.6) is 0 Å². The maximum absolute atomic E-state index is 8.95. The molecule has 0 N–H and O–H groups in total. The largest absolute Gasteiger partial charge is 0.278 e. The standard InChI is InChI=1S/C45H28N4S/c1-4-15-29(16-5-1)32-27-36(30-17-6-2-7-18-30)42-37(28-32)41-35(23-14-26-40(41)50-42)44-46-43(31-19-8-3-9-20-31)47-45(48-44)49-38-24-12-10-21-33(38)34-22-11-13-25-39(34)49/h1-28H/i2D,6D,7D,17D,18D. The summed E-state index contributed by atoms with van der Waals surface area (Å²) in [6, 6.07) is 44.8. The van der Waals surface area contributed by atoms with Crippen LogP contribution in [0.15, 0.2) is 170 Å². The fourth-order valence-corrected chi connectivity index (χ4v) is 8.15. The molecule has 234 valence electrons. The summed E-state index contributed by atoms with van der Waals surface area (Å²) < 4.78 is 47.0. The molecule has 0 unspecified atom stereocenters. The molecule has 0 atom stereocenters. The van der Waals surface area contributed by atoms with Crippen LogP contribution >= 0.6 is 11.3 Å². The van der Waals surface area contributed by atoms with Crippen LogP contribution in [-0.2, 0) is 0 Å². The van der Waals surface area contributed by atoms with Crippen LogP contribution in [0.1, 0.15) is 6.85 Å². The fraction of sp³-hybridized carbons (Fsp3) is 0. The van der Waals surface area contributed by atoms with Gasteiger partial charge in [-0.05, 0) is 47.0 Å². The number of hydrogen-bond donors (Lipinski definition) is 0. The van der Waals surface area contributed by atoms with Crippen molar-refractivity contribution in [2.45, 2.75) is 0 Å². The summed E-state index contributed by atoms with van der Waals surface area (Å²) in [6.07, 6.45) is 0. The van der Waals surface area contributed by atoms with Gasteiger partial charge in [-0.15, -0.1) is 11.3 Å². The van der Waals surface area contributed by atoms with Crippen molar-refractivity contribution in [3.05, 3.63) is 170 Å². The summed E-state index contributed by atoms with van der Waals surface area (Å²) in [7, 11) is 0. The molecule has 5 heteroatoms. The van der Waals surface area contributed by atoms with Gasteiger partial charge >= 0.3 is 0 Å². The average Bonchev–Trinajstić information content (AvgIpc) is 3.79. The minimum Gasteiger partial charge on any atom is -0.278 e. The third kappa shape index (κ3) is 4.63. The van der Waals surface area contributed by atoms with Gasteiger partial charge in [-0.1, -0.05) is 139 Å². The minimum absolute atomic E-state index is 0.169. The Hall–Kier alpha value is -6.43. The molecule has 0 aliphatic carbocycles. The molecule has 0 saturated carbocycles. The Kier molecular flexibility index (Phi) is 5.54. The summed E-state index contributed by atoms with van der Waals surface area (Å²) >= 11 is 1.52. The van der Waals surface area contributed by atoms with E-state index in [0.29, 0.717) is 23.2 Å². The van der Waals surface area contributed by atoms with Crippen molar-refractivity contribution in [3.8, 4) is 51.0 Å². The lowest BCUT2D eigenvalue weighted by Gasteiger charge is -2.12. The maximum atomic E-state index is 8.95. The smallest absolute Gasteiger partial charge is 0.238 e. The number of aromatic nitrogens is 4. The van der Waals surface area contributed by atoms with Gasteiger partial charge in [0.15, 0.2) is 11.6 Å². The normalized spacial score (nSPS) is 13.0. The van der Waals surface area contributed by atoms with E-state index in [4.69, 9.17) is 21.8 Å². The van der Waals surface area contributed by atoms with Crippen molar-refractivity contribution in [2.75, 3.05) is 0 Å². The zero-order valence-corrected chi connectivity index (χ0v) is 27.3. The van der Waals surface area contributed by atoms with E-state index in [9.17, 15) is 0 Å². The third-order valence-electron chi connectivity index (χ3n) is 9.15. The SMILES string of the molecule is [2H]c1c([2H])c([2H])c(-c2cc(-c3ccccc3)cc3c2sc2cccc(-c4nc(-c5ccccc5)nc(-n5c6ccccc6c6ccccc65)n4)c23)c([2H])c1[2H]. The number of para-hydroxylation sites is 2. The molecule has 3 heterocycles. The van der Waals surface area contributed by atoms with E-state index < -0.39 is 6.04 Å². The first-order chi connectivity index (χ1) is 26.9. The van der Waals surface area contributed by atoms with Crippen LogP contribution in [-0.4, -0.2) is 19.5 Å². The van der Waals surface area contributed by atoms with Gasteiger partial charge in [-0.2, -0.15) is 9.97 Å². The highest BCUT2D eigenvalue weighted by molar-refractivity contribution is 7.26. The first kappa shape index (κ1) is 23.8. The molecule has 3 aromatic heterocycles. The first-order valence-corrected chi connectivity index (χ1v) is 17.1. The summed E-state index contributed by atoms with van der Waals surface area (Å²) in [6.45, 7) is 0. The lowest BCUT2D eigenvalue weighted by Crippen LogP contribution is -2.06. The summed E-state index contributed by atoms with van der Waals surface area (Å²) in [4.78, 5) is 15.5. The van der Waals surface area contributed by atoms with Crippen LogP contribution < -0.4 is 0 Å². The van der Waals surface area contributed by atoms with Gasteiger partial charge in [0.1, 0.15) is 0 Å². The number of hydrogen-bond acceptors (Lipinski definition) is 4. The molecule has 0 spiro atoms. The second kappa shape index (κ2) is 11.6. The van der Waals surface area contributed by atoms with E-state index >= 15 is 0 Å². The molecular weight excluding hydrogens is 629 g/mol. The van der Waals surface area contributed by atoms with Gasteiger partial charge in [0, 0.05) is 47.6 Å². The molecule has 50 heavy (non-hydrogen) atoms. The van der Waals surface area contributed by atoms with Crippen LogP contribution in [0, 0.1) is 0 Å². The molecule has 0 bridgehead atoms. The predicted molar refractivity (Wildman–Crippen MR) is 209 cm³/mol. The molecule has 0 amide bonds. The molecule has 10 aromatic rings. The average molecular weight is 662 g/mol. The van der Waals surface area contributed by atoms with Crippen molar-refractivity contribution in [1.82, 2.24) is 19.5 Å². The van der Waals surface area contributed by atoms with Gasteiger partial charge in [-0.25, -0.2) is 4.98 Å². The number of nitrogens with zero attached hydrogens (tertiary/aromatic N) is 4. The Morgan fingerprint density at radius 1 is 0.480 bits per heavy atom. The van der Waals surface area contributed by atoms with Crippen molar-refractivity contribution < 1.29 is 6.85 Å². The third-order valence-corrected chi connectivity index (χ3v) is 10.4. The zero-order valence-electron chi connectivity index (χ0n) is 31.5. The Morgan fingerprint density at radius 2 is 1.12 bits per heavy atom. The van der Waals surface area contributed by atoms with E-state index in [1.807, 2.05) is 109 Å². The van der Waals surface area contributed by atoms with Crippen LogP contribution in [0.2, 0.25) is 0 Å². The highest BCUT2D eigenvalue weighted by atomic mass is 32.1. The van der Waals surface area contributed by atoms with Gasteiger partial charge in [0.2, 0.25) is 5.95 Å². The molecule has 4 nitrogen and oxygen atoms in total. The summed E-state index contributed by atoms with van der Waals surface area (Å²) in [5.74, 6) is 1.51. The molecule has 0 aliphatic rings. The van der Waals surface area contributed by atoms with Crippen LogP contribution in [0.4, 0.5) is 0 Å². The fourth-order valence-electron chi connectivity index (χ4n) is 6.92. The van der Waals surface area contributed by atoms with Gasteiger partial charge < -0.3 is 0 Å². The molecular formula is C45H28N4S. The van der Waals surface area contributed by atoms with E-state index in [1.54, 1.807) is 0 Å². The highest BCUT2D eigenvalue weighted by Crippen LogP contribution is 2.45. The molecule has 7 aromatic carbocycles. The summed E-state index contributed by atoms with van der Waals surface area (Å²) in [5.41, 5.74) is 6.15. The van der Waals surface area contributed by atoms with Crippen LogP contribution in [0.3, 0.4) is 0 Å². The Bertz CT molecular complexity index is 3080. The molecule has 0 radical (unpaired) electrons. The van der Waals surface area contributed by atoms with Gasteiger partial charge in [0.25, 0.3) is 0 Å².